The molecule has 0 aliphatic carbocycles. The molecule has 5 aromatic rings. The number of carbonyl (C=O) groups is 1. The van der Waals surface area contributed by atoms with Crippen molar-refractivity contribution in [2.24, 2.45) is 4.99 Å². The summed E-state index contributed by atoms with van der Waals surface area (Å²) >= 11 is 6.19. The number of hydrogen-bond acceptors (Lipinski definition) is 6. The first-order valence-electron chi connectivity index (χ1n) is 12.1. The van der Waals surface area contributed by atoms with Crippen LogP contribution in [0.2, 0.25) is 5.02 Å². The van der Waals surface area contributed by atoms with Gasteiger partial charge in [0.1, 0.15) is 0 Å². The van der Waals surface area contributed by atoms with Crippen LogP contribution in [0, 0.1) is 0 Å². The first kappa shape index (κ1) is 25.4. The zero-order chi connectivity index (χ0) is 26.8. The normalized spacial score (nSPS) is 12.0. The smallest absolute Gasteiger partial charge is 0.228 e. The molecule has 8 nitrogen and oxygen atoms in total. The fourth-order valence-electron chi connectivity index (χ4n) is 4.28. The molecule has 0 bridgehead atoms. The molecule has 0 atom stereocenters. The first-order valence-corrected chi connectivity index (χ1v) is 12.5. The maximum atomic E-state index is 12.6. The van der Waals surface area contributed by atoms with Gasteiger partial charge < -0.3 is 19.9 Å². The molecule has 9 heteroatoms. The lowest BCUT2D eigenvalue weighted by Crippen LogP contribution is -2.29. The van der Waals surface area contributed by atoms with Gasteiger partial charge in [-0.1, -0.05) is 23.7 Å². The second kappa shape index (κ2) is 10.6. The Morgan fingerprint density at radius 1 is 0.974 bits per heavy atom. The van der Waals surface area contributed by atoms with Gasteiger partial charge in [0.05, 0.1) is 33.5 Å². The van der Waals surface area contributed by atoms with Crippen LogP contribution in [0.15, 0.2) is 78.0 Å². The van der Waals surface area contributed by atoms with Gasteiger partial charge in [-0.05, 0) is 62.6 Å². The van der Waals surface area contributed by atoms with Crippen molar-refractivity contribution in [2.45, 2.75) is 6.42 Å². The van der Waals surface area contributed by atoms with Crippen molar-refractivity contribution in [1.29, 1.82) is 0 Å². The molecule has 1 amide bonds. The summed E-state index contributed by atoms with van der Waals surface area (Å²) in [5, 5.41) is 12.3. The second-order valence-corrected chi connectivity index (χ2v) is 9.72. The third-order valence-electron chi connectivity index (χ3n) is 6.35. The average molecular weight is 527 g/mol. The predicted molar refractivity (Wildman–Crippen MR) is 153 cm³/mol. The van der Waals surface area contributed by atoms with Crippen LogP contribution in [-0.2, 0) is 4.79 Å². The van der Waals surface area contributed by atoms with Gasteiger partial charge in [-0.2, -0.15) is 0 Å². The minimum atomic E-state index is -0.0110. The topological polar surface area (TPSA) is 97.7 Å². The third kappa shape index (κ3) is 5.22. The SMILES string of the molecule is CN(C)CCC(=O)N(C)c1ccc(N=C(c2ccc3nccnc3c2)c2c(O)[nH]c3cc(Cl)ccc23)cc1. The molecule has 0 spiro atoms. The molecule has 0 aliphatic heterocycles. The van der Waals surface area contributed by atoms with E-state index in [-0.39, 0.29) is 11.8 Å². The molecule has 0 saturated heterocycles. The highest BCUT2D eigenvalue weighted by Gasteiger charge is 2.20. The van der Waals surface area contributed by atoms with Crippen molar-refractivity contribution < 1.29 is 9.90 Å². The zero-order valence-electron chi connectivity index (χ0n) is 21.3. The molecule has 0 unspecified atom stereocenters. The Kier molecular flexibility index (Phi) is 7.09. The maximum absolute atomic E-state index is 12.6. The van der Waals surface area contributed by atoms with Gasteiger partial charge in [0, 0.05) is 54.1 Å². The van der Waals surface area contributed by atoms with Crippen molar-refractivity contribution in [1.82, 2.24) is 19.9 Å². The standard InChI is InChI=1S/C29H27ClN6O2/c1-35(2)15-12-26(37)36(3)21-8-6-20(7-9-21)33-28(18-4-11-23-25(16-18)32-14-13-31-23)27-22-10-5-19(30)17-24(22)34-29(27)38/h4-11,13-14,16-17,34,38H,12,15H2,1-3H3. The van der Waals surface area contributed by atoms with Crippen LogP contribution < -0.4 is 4.90 Å². The Morgan fingerprint density at radius 2 is 1.71 bits per heavy atom. The summed E-state index contributed by atoms with van der Waals surface area (Å²) in [7, 11) is 5.66. The predicted octanol–water partition coefficient (Wildman–Crippen LogP) is 5.55. The molecular formula is C29H27ClN6O2. The number of nitrogens with one attached hydrogen (secondary N) is 1. The van der Waals surface area contributed by atoms with E-state index in [0.29, 0.717) is 46.0 Å². The van der Waals surface area contributed by atoms with E-state index < -0.39 is 0 Å². The summed E-state index contributed by atoms with van der Waals surface area (Å²) in [6.45, 7) is 0.685. The number of aromatic hydroxyl groups is 1. The summed E-state index contributed by atoms with van der Waals surface area (Å²) in [4.78, 5) is 33.0. The number of aromatic nitrogens is 3. The Labute approximate surface area is 225 Å². The van der Waals surface area contributed by atoms with Crippen LogP contribution in [0.4, 0.5) is 11.4 Å². The zero-order valence-corrected chi connectivity index (χ0v) is 22.1. The van der Waals surface area contributed by atoms with Crippen molar-refractivity contribution in [3.63, 3.8) is 0 Å². The average Bonchev–Trinajstić information content (AvgIpc) is 3.24. The van der Waals surface area contributed by atoms with E-state index >= 15 is 0 Å². The van der Waals surface area contributed by atoms with Gasteiger partial charge in [0.25, 0.3) is 0 Å². The number of aromatic amines is 1. The highest BCUT2D eigenvalue weighted by atomic mass is 35.5. The summed E-state index contributed by atoms with van der Waals surface area (Å²) in [6, 6.07) is 18.5. The second-order valence-electron chi connectivity index (χ2n) is 9.28. The van der Waals surface area contributed by atoms with Crippen LogP contribution in [0.25, 0.3) is 21.9 Å². The molecule has 0 fully saturated rings. The summed E-state index contributed by atoms with van der Waals surface area (Å²) in [6.07, 6.45) is 3.72. The van der Waals surface area contributed by atoms with Crippen LogP contribution >= 0.6 is 11.6 Å². The minimum Gasteiger partial charge on any atom is -0.494 e. The number of fused-ring (bicyclic) bond motifs is 2. The molecule has 5 rings (SSSR count). The van der Waals surface area contributed by atoms with E-state index in [1.165, 1.54) is 0 Å². The largest absolute Gasteiger partial charge is 0.494 e. The number of rotatable bonds is 7. The number of aliphatic imine (C=N–C) groups is 1. The van der Waals surface area contributed by atoms with Gasteiger partial charge in [0.15, 0.2) is 5.88 Å². The molecule has 38 heavy (non-hydrogen) atoms. The number of anilines is 1. The van der Waals surface area contributed by atoms with Gasteiger partial charge >= 0.3 is 0 Å². The number of carbonyl (C=O) groups excluding carboxylic acids is 1. The quantitative estimate of drug-likeness (QED) is 0.271. The number of amides is 1. The fourth-order valence-corrected chi connectivity index (χ4v) is 4.45. The monoisotopic (exact) mass is 526 g/mol. The molecule has 2 aromatic heterocycles. The molecule has 0 saturated carbocycles. The lowest BCUT2D eigenvalue weighted by molar-refractivity contribution is -0.118. The summed E-state index contributed by atoms with van der Waals surface area (Å²) in [5.74, 6) is 0.0263. The molecular weight excluding hydrogens is 500 g/mol. The van der Waals surface area contributed by atoms with E-state index in [0.717, 1.165) is 22.2 Å². The highest BCUT2D eigenvalue weighted by molar-refractivity contribution is 6.31. The molecule has 2 N–H and O–H groups in total. The minimum absolute atomic E-state index is 0.0110. The molecule has 192 valence electrons. The number of benzene rings is 3. The van der Waals surface area contributed by atoms with Crippen molar-refractivity contribution in [3.05, 3.63) is 89.2 Å². The van der Waals surface area contributed by atoms with E-state index in [9.17, 15) is 9.90 Å². The van der Waals surface area contributed by atoms with Crippen LogP contribution in [-0.4, -0.2) is 64.3 Å². The molecule has 0 aliphatic rings. The van der Waals surface area contributed by atoms with Crippen molar-refractivity contribution >= 4 is 56.5 Å². The Morgan fingerprint density at radius 3 is 2.45 bits per heavy atom. The van der Waals surface area contributed by atoms with Gasteiger partial charge in [0.2, 0.25) is 5.91 Å². The molecule has 2 heterocycles. The van der Waals surface area contributed by atoms with Crippen LogP contribution in [0.3, 0.4) is 0 Å². The Bertz CT molecular complexity index is 1660. The Balaban J connectivity index is 1.58. The summed E-state index contributed by atoms with van der Waals surface area (Å²) < 4.78 is 0. The van der Waals surface area contributed by atoms with E-state index in [1.807, 2.05) is 67.5 Å². The third-order valence-corrected chi connectivity index (χ3v) is 6.58. The lowest BCUT2D eigenvalue weighted by atomic mass is 10.00. The van der Waals surface area contributed by atoms with Crippen molar-refractivity contribution in [2.75, 3.05) is 32.6 Å². The van der Waals surface area contributed by atoms with Gasteiger partial charge in [-0.3, -0.25) is 14.8 Å². The highest BCUT2D eigenvalue weighted by Crippen LogP contribution is 2.33. The van der Waals surface area contributed by atoms with Gasteiger partial charge in [-0.25, -0.2) is 4.99 Å². The number of H-pyrrole nitrogens is 1. The lowest BCUT2D eigenvalue weighted by Gasteiger charge is -2.19. The number of halogens is 1. The first-order chi connectivity index (χ1) is 18.3. The maximum Gasteiger partial charge on any atom is 0.228 e. The van der Waals surface area contributed by atoms with E-state index in [4.69, 9.17) is 16.6 Å². The number of nitrogens with zero attached hydrogens (tertiary/aromatic N) is 5. The number of hydrogen-bond donors (Lipinski definition) is 2. The molecule has 3 aromatic carbocycles. The van der Waals surface area contributed by atoms with E-state index in [1.54, 1.807) is 36.5 Å². The van der Waals surface area contributed by atoms with Crippen LogP contribution in [0.1, 0.15) is 17.5 Å². The Hall–Kier alpha value is -4.27. The molecule has 0 radical (unpaired) electrons. The van der Waals surface area contributed by atoms with Crippen molar-refractivity contribution in [3.8, 4) is 5.88 Å². The summed E-state index contributed by atoms with van der Waals surface area (Å²) in [5.41, 5.74) is 5.51. The van der Waals surface area contributed by atoms with Gasteiger partial charge in [-0.15, -0.1) is 0 Å². The fraction of sp³-hybridized carbons (Fsp3) is 0.172. The van der Waals surface area contributed by atoms with Crippen LogP contribution in [0.5, 0.6) is 5.88 Å². The van der Waals surface area contributed by atoms with E-state index in [2.05, 4.69) is 15.0 Å².